The summed E-state index contributed by atoms with van der Waals surface area (Å²) in [5.74, 6) is 0.0282. The minimum absolute atomic E-state index is 0.144. The third-order valence-electron chi connectivity index (χ3n) is 8.67. The van der Waals surface area contributed by atoms with Gasteiger partial charge in [-0.1, -0.05) is 74.5 Å². The molecule has 5 rings (SSSR count). The summed E-state index contributed by atoms with van der Waals surface area (Å²) in [5.41, 5.74) is 4.66. The van der Waals surface area contributed by atoms with Gasteiger partial charge >= 0.3 is 12.1 Å². The molecule has 5 aromatic rings. The number of urea groups is 1. The average Bonchev–Trinajstić information content (AvgIpc) is 3.96. The monoisotopic (exact) mass is 756 g/mol. The van der Waals surface area contributed by atoms with Gasteiger partial charge in [0.15, 0.2) is 0 Å². The average molecular weight is 757 g/mol. The van der Waals surface area contributed by atoms with E-state index in [4.69, 9.17) is 4.74 Å². The van der Waals surface area contributed by atoms with E-state index < -0.39 is 12.1 Å². The predicted octanol–water partition coefficient (Wildman–Crippen LogP) is 6.57. The molecule has 4 amide bonds. The second-order valence-corrected chi connectivity index (χ2v) is 15.2. The number of alkyl carbamates (subject to hydrolysis) is 1. The first-order valence-electron chi connectivity index (χ1n) is 17.8. The van der Waals surface area contributed by atoms with Crippen LogP contribution in [0.2, 0.25) is 0 Å². The fourth-order valence-corrected chi connectivity index (χ4v) is 7.14. The molecule has 0 saturated heterocycles. The van der Waals surface area contributed by atoms with E-state index in [9.17, 15) is 14.4 Å². The molecule has 0 fully saturated rings. The first kappa shape index (κ1) is 39.1. The fourth-order valence-electron chi connectivity index (χ4n) is 5.81. The molecule has 0 bridgehead atoms. The number of benzene rings is 2. The summed E-state index contributed by atoms with van der Waals surface area (Å²) in [4.78, 5) is 55.8. The predicted molar refractivity (Wildman–Crippen MR) is 208 cm³/mol. The van der Waals surface area contributed by atoms with E-state index in [2.05, 4.69) is 44.7 Å². The first-order chi connectivity index (χ1) is 25.7. The number of hydrogen-bond donors (Lipinski definition) is 3. The highest BCUT2D eigenvalue weighted by molar-refractivity contribution is 7.09. The Morgan fingerprint density at radius 3 is 2.13 bits per heavy atom. The molecule has 3 atom stereocenters. The van der Waals surface area contributed by atoms with Gasteiger partial charge < -0.3 is 30.2 Å². The highest BCUT2D eigenvalue weighted by Crippen LogP contribution is 2.20. The maximum absolute atomic E-state index is 14.1. The number of nitrogens with zero attached hydrogens (tertiary/aromatic N) is 5. The van der Waals surface area contributed by atoms with Crippen LogP contribution < -0.4 is 16.0 Å². The summed E-state index contributed by atoms with van der Waals surface area (Å²) >= 11 is 3.01. The number of carbonyl (C=O) groups excluding carboxylic acids is 3. The molecular formula is C39H48N8O4S2. The first-order valence-corrected chi connectivity index (χ1v) is 19.6. The van der Waals surface area contributed by atoms with Crippen LogP contribution in [-0.4, -0.2) is 67.6 Å². The molecule has 3 heterocycles. The normalized spacial score (nSPS) is 12.8. The van der Waals surface area contributed by atoms with E-state index in [1.807, 2.05) is 76.8 Å². The molecule has 12 nitrogen and oxygen atoms in total. The van der Waals surface area contributed by atoms with Crippen LogP contribution in [-0.2, 0) is 42.1 Å². The maximum Gasteiger partial charge on any atom is 0.407 e. The van der Waals surface area contributed by atoms with E-state index in [1.165, 1.54) is 11.3 Å². The van der Waals surface area contributed by atoms with E-state index in [0.717, 1.165) is 26.7 Å². The summed E-state index contributed by atoms with van der Waals surface area (Å²) in [6, 6.07) is 18.2. The Labute approximate surface area is 319 Å². The van der Waals surface area contributed by atoms with Crippen LogP contribution in [0.1, 0.15) is 65.7 Å². The zero-order valence-electron chi connectivity index (χ0n) is 30.4. The molecule has 0 aliphatic heterocycles. The lowest BCUT2D eigenvalue weighted by Gasteiger charge is -2.27. The molecule has 3 N–H and O–H groups in total. The van der Waals surface area contributed by atoms with Gasteiger partial charge in [0, 0.05) is 55.6 Å². The SMILES string of the molecule is CC(C)c1nc(CN(C)C(=O)N[C@@H](CCn2ccnc2)C(=O)N[C@@H](CC[C@@H](Cc2ccccc2)NC(=O)OCc2cncs2)Cc2ccccc2)cs1. The molecule has 2 aromatic carbocycles. The summed E-state index contributed by atoms with van der Waals surface area (Å²) < 4.78 is 7.40. The lowest BCUT2D eigenvalue weighted by atomic mass is 9.95. The third-order valence-corrected chi connectivity index (χ3v) is 10.6. The standard InChI is InChI=1S/C39H48N8O4S2/c1-28(2)37-43-33(25-52-37)23-46(3)38(49)45-35(16-18-47-19-17-40-26-47)36(48)42-31(20-29-10-6-4-7-11-29)14-15-32(21-30-12-8-5-9-13-30)44-39(50)51-24-34-22-41-27-53-34/h4-13,17,19,22,25-28,31-32,35H,14-16,18,20-21,23-24H2,1-3H3,(H,42,48)(H,44,50)(H,45,49)/t31-,32-,35-/m0/s1. The Bertz CT molecular complexity index is 1820. The van der Waals surface area contributed by atoms with Gasteiger partial charge in [-0.05, 0) is 43.2 Å². The summed E-state index contributed by atoms with van der Waals surface area (Å²) in [6.45, 7) is 5.14. The topological polar surface area (TPSA) is 143 Å². The highest BCUT2D eigenvalue weighted by Gasteiger charge is 2.26. The van der Waals surface area contributed by atoms with Crippen molar-refractivity contribution in [3.05, 3.63) is 123 Å². The number of carbonyl (C=O) groups is 3. The van der Waals surface area contributed by atoms with Gasteiger partial charge in [-0.2, -0.15) is 0 Å². The second-order valence-electron chi connectivity index (χ2n) is 13.3. The molecular weight excluding hydrogens is 709 g/mol. The second kappa shape index (κ2) is 20.2. The van der Waals surface area contributed by atoms with Crippen molar-refractivity contribution in [1.29, 1.82) is 0 Å². The number of rotatable bonds is 19. The number of aryl methyl sites for hydroxylation is 1. The smallest absolute Gasteiger partial charge is 0.407 e. The van der Waals surface area contributed by atoms with Gasteiger partial charge in [0.25, 0.3) is 0 Å². The number of imidazole rings is 1. The lowest BCUT2D eigenvalue weighted by Crippen LogP contribution is -2.53. The number of thiazole rings is 2. The Morgan fingerprint density at radius 1 is 0.868 bits per heavy atom. The van der Waals surface area contributed by atoms with Crippen LogP contribution in [0.15, 0.2) is 96.5 Å². The van der Waals surface area contributed by atoms with Gasteiger partial charge in [-0.3, -0.25) is 9.78 Å². The third kappa shape index (κ3) is 13.1. The molecule has 0 spiro atoms. The van der Waals surface area contributed by atoms with Gasteiger partial charge in [0.1, 0.15) is 12.6 Å². The summed E-state index contributed by atoms with van der Waals surface area (Å²) in [5, 5.41) is 12.3. The molecule has 0 aliphatic rings. The summed E-state index contributed by atoms with van der Waals surface area (Å²) in [6.07, 6.45) is 9.05. The maximum atomic E-state index is 14.1. The quantitative estimate of drug-likeness (QED) is 0.0866. The van der Waals surface area contributed by atoms with Crippen LogP contribution >= 0.6 is 22.7 Å². The minimum Gasteiger partial charge on any atom is -0.444 e. The van der Waals surface area contributed by atoms with Crippen LogP contribution in [0, 0.1) is 0 Å². The Morgan fingerprint density at radius 2 is 1.55 bits per heavy atom. The van der Waals surface area contributed by atoms with Crippen LogP contribution in [0.3, 0.4) is 0 Å². The highest BCUT2D eigenvalue weighted by atomic mass is 32.1. The van der Waals surface area contributed by atoms with E-state index in [1.54, 1.807) is 47.5 Å². The number of aromatic nitrogens is 4. The van der Waals surface area contributed by atoms with Crippen molar-refractivity contribution in [3.63, 3.8) is 0 Å². The number of nitrogens with one attached hydrogen (secondary N) is 3. The fraction of sp³-hybridized carbons (Fsp3) is 0.385. The molecule has 53 heavy (non-hydrogen) atoms. The van der Waals surface area contributed by atoms with Crippen molar-refractivity contribution in [1.82, 2.24) is 40.4 Å². The van der Waals surface area contributed by atoms with Gasteiger partial charge in [-0.15, -0.1) is 22.7 Å². The number of amides is 4. The van der Waals surface area contributed by atoms with E-state index in [0.29, 0.717) is 51.1 Å². The molecule has 0 saturated carbocycles. The molecule has 0 aliphatic carbocycles. The van der Waals surface area contributed by atoms with Crippen LogP contribution in [0.4, 0.5) is 9.59 Å². The summed E-state index contributed by atoms with van der Waals surface area (Å²) in [7, 11) is 1.70. The number of ether oxygens (including phenoxy) is 1. The van der Waals surface area contributed by atoms with Gasteiger partial charge in [0.2, 0.25) is 5.91 Å². The molecule has 14 heteroatoms. The Balaban J connectivity index is 1.28. The van der Waals surface area contributed by atoms with E-state index in [-0.39, 0.29) is 30.6 Å². The molecule has 0 radical (unpaired) electrons. The van der Waals surface area contributed by atoms with Crippen molar-refractivity contribution in [2.45, 2.75) is 89.7 Å². The van der Waals surface area contributed by atoms with Crippen LogP contribution in [0.5, 0.6) is 0 Å². The largest absolute Gasteiger partial charge is 0.444 e. The minimum atomic E-state index is -0.813. The van der Waals surface area contributed by atoms with Crippen molar-refractivity contribution in [2.75, 3.05) is 7.05 Å². The Hall–Kier alpha value is -5.08. The number of hydrogen-bond acceptors (Lipinski definition) is 9. The van der Waals surface area contributed by atoms with Crippen molar-refractivity contribution in [2.24, 2.45) is 0 Å². The van der Waals surface area contributed by atoms with Crippen molar-refractivity contribution < 1.29 is 19.1 Å². The van der Waals surface area contributed by atoms with Crippen molar-refractivity contribution >= 4 is 40.7 Å². The Kier molecular flexibility index (Phi) is 14.9. The van der Waals surface area contributed by atoms with E-state index >= 15 is 0 Å². The zero-order valence-corrected chi connectivity index (χ0v) is 32.0. The van der Waals surface area contributed by atoms with Crippen LogP contribution in [0.25, 0.3) is 0 Å². The lowest BCUT2D eigenvalue weighted by molar-refractivity contribution is -0.124. The molecule has 3 aromatic heterocycles. The molecule has 0 unspecified atom stereocenters. The van der Waals surface area contributed by atoms with Gasteiger partial charge in [-0.25, -0.2) is 19.6 Å². The van der Waals surface area contributed by atoms with Crippen molar-refractivity contribution in [3.8, 4) is 0 Å². The van der Waals surface area contributed by atoms with Gasteiger partial charge in [0.05, 0.1) is 34.0 Å². The molecule has 280 valence electrons. The zero-order chi connectivity index (χ0) is 37.4.